The molecule has 0 spiro atoms. The van der Waals surface area contributed by atoms with Gasteiger partial charge in [0.1, 0.15) is 0 Å². The van der Waals surface area contributed by atoms with Gasteiger partial charge in [-0.05, 0) is 58.5 Å². The van der Waals surface area contributed by atoms with Gasteiger partial charge in [0.25, 0.3) is 0 Å². The first kappa shape index (κ1) is 15.3. The van der Waals surface area contributed by atoms with Crippen molar-refractivity contribution < 1.29 is 4.79 Å². The molecule has 21 heavy (non-hydrogen) atoms. The highest BCUT2D eigenvalue weighted by Gasteiger charge is 2.32. The average molecular weight is 293 g/mol. The summed E-state index contributed by atoms with van der Waals surface area (Å²) in [6.07, 6.45) is 11.3. The standard InChI is InChI=1S/C17H31N3O/c1-13(17(21)19-14-6-3-2-4-7-14)18-15-9-11-20-10-5-8-16(20)12-15/h13-16,18H,2-12H2,1H3,(H,19,21). The Bertz CT molecular complexity index is 354. The highest BCUT2D eigenvalue weighted by molar-refractivity contribution is 5.81. The SMILES string of the molecule is CC(NC1CCN2CCCC2C1)C(=O)NC1CCCCC1. The summed E-state index contributed by atoms with van der Waals surface area (Å²) in [5.41, 5.74) is 0. The number of carbonyl (C=O) groups excluding carboxylic acids is 1. The van der Waals surface area contributed by atoms with E-state index in [4.69, 9.17) is 0 Å². The van der Waals surface area contributed by atoms with Crippen LogP contribution in [0.1, 0.15) is 64.7 Å². The first-order valence-electron chi connectivity index (χ1n) is 9.03. The maximum absolute atomic E-state index is 12.3. The van der Waals surface area contributed by atoms with Crippen molar-refractivity contribution in [1.82, 2.24) is 15.5 Å². The van der Waals surface area contributed by atoms with Crippen molar-refractivity contribution in [3.8, 4) is 0 Å². The zero-order valence-electron chi connectivity index (χ0n) is 13.4. The summed E-state index contributed by atoms with van der Waals surface area (Å²) in [5, 5.41) is 6.82. The summed E-state index contributed by atoms with van der Waals surface area (Å²) in [6, 6.07) is 1.67. The van der Waals surface area contributed by atoms with E-state index in [0.29, 0.717) is 12.1 Å². The Hall–Kier alpha value is -0.610. The number of hydrogen-bond acceptors (Lipinski definition) is 3. The van der Waals surface area contributed by atoms with Crippen LogP contribution in [0.15, 0.2) is 0 Å². The van der Waals surface area contributed by atoms with Crippen LogP contribution < -0.4 is 10.6 Å². The molecule has 0 aromatic carbocycles. The zero-order valence-corrected chi connectivity index (χ0v) is 13.4. The minimum absolute atomic E-state index is 0.0510. The highest BCUT2D eigenvalue weighted by atomic mass is 16.2. The van der Waals surface area contributed by atoms with Crippen molar-refractivity contribution in [1.29, 1.82) is 0 Å². The van der Waals surface area contributed by atoms with E-state index in [1.807, 2.05) is 6.92 Å². The van der Waals surface area contributed by atoms with Crippen molar-refractivity contribution in [3.63, 3.8) is 0 Å². The lowest BCUT2D eigenvalue weighted by Crippen LogP contribution is -2.53. The molecule has 1 saturated carbocycles. The number of piperidine rings is 1. The van der Waals surface area contributed by atoms with Crippen molar-refractivity contribution in [2.75, 3.05) is 13.1 Å². The van der Waals surface area contributed by atoms with Gasteiger partial charge in [-0.25, -0.2) is 0 Å². The minimum atomic E-state index is -0.0510. The third-order valence-corrected chi connectivity index (χ3v) is 5.65. The first-order chi connectivity index (χ1) is 10.2. The molecule has 2 aliphatic heterocycles. The van der Waals surface area contributed by atoms with Crippen LogP contribution in [0.4, 0.5) is 0 Å². The summed E-state index contributed by atoms with van der Waals surface area (Å²) in [6.45, 7) is 4.52. The molecule has 3 aliphatic rings. The maximum atomic E-state index is 12.3. The van der Waals surface area contributed by atoms with E-state index in [-0.39, 0.29) is 11.9 Å². The third-order valence-electron chi connectivity index (χ3n) is 5.65. The van der Waals surface area contributed by atoms with E-state index < -0.39 is 0 Å². The number of nitrogens with one attached hydrogen (secondary N) is 2. The molecule has 3 unspecified atom stereocenters. The molecule has 0 bridgehead atoms. The Balaban J connectivity index is 1.42. The van der Waals surface area contributed by atoms with Crippen molar-refractivity contribution >= 4 is 5.91 Å². The molecule has 3 rings (SSSR count). The molecule has 1 aliphatic carbocycles. The maximum Gasteiger partial charge on any atom is 0.237 e. The lowest BCUT2D eigenvalue weighted by molar-refractivity contribution is -0.124. The third kappa shape index (κ3) is 3.98. The fraction of sp³-hybridized carbons (Fsp3) is 0.941. The Morgan fingerprint density at radius 1 is 1.00 bits per heavy atom. The average Bonchev–Trinajstić information content (AvgIpc) is 2.95. The lowest BCUT2D eigenvalue weighted by Gasteiger charge is -2.36. The van der Waals surface area contributed by atoms with E-state index in [0.717, 1.165) is 6.04 Å². The Labute approximate surface area is 129 Å². The highest BCUT2D eigenvalue weighted by Crippen LogP contribution is 2.27. The Kier molecular flexibility index (Phi) is 5.17. The fourth-order valence-corrected chi connectivity index (χ4v) is 4.38. The molecule has 0 aromatic rings. The van der Waals surface area contributed by atoms with Gasteiger partial charge in [0.15, 0.2) is 0 Å². The van der Waals surface area contributed by atoms with E-state index in [2.05, 4.69) is 15.5 Å². The monoisotopic (exact) mass is 293 g/mol. The van der Waals surface area contributed by atoms with Crippen LogP contribution in [0.2, 0.25) is 0 Å². The van der Waals surface area contributed by atoms with Gasteiger partial charge in [0, 0.05) is 18.1 Å². The van der Waals surface area contributed by atoms with E-state index in [1.165, 1.54) is 70.9 Å². The van der Waals surface area contributed by atoms with Gasteiger partial charge >= 0.3 is 0 Å². The predicted octanol–water partition coefficient (Wildman–Crippen LogP) is 2.04. The second kappa shape index (κ2) is 7.10. The second-order valence-electron chi connectivity index (χ2n) is 7.29. The van der Waals surface area contributed by atoms with Crippen LogP contribution in [-0.4, -0.2) is 48.1 Å². The lowest BCUT2D eigenvalue weighted by atomic mass is 9.95. The summed E-state index contributed by atoms with van der Waals surface area (Å²) in [5.74, 6) is 0.204. The van der Waals surface area contributed by atoms with E-state index >= 15 is 0 Å². The van der Waals surface area contributed by atoms with Gasteiger partial charge in [-0.3, -0.25) is 4.79 Å². The number of rotatable bonds is 4. The molecule has 4 nitrogen and oxygen atoms in total. The first-order valence-corrected chi connectivity index (χ1v) is 9.03. The molecule has 3 fully saturated rings. The van der Waals surface area contributed by atoms with Crippen LogP contribution in [-0.2, 0) is 4.79 Å². The molecule has 0 aromatic heterocycles. The molecule has 4 heteroatoms. The topological polar surface area (TPSA) is 44.4 Å². The van der Waals surface area contributed by atoms with Gasteiger partial charge in [0.05, 0.1) is 6.04 Å². The van der Waals surface area contributed by atoms with Gasteiger partial charge in [0.2, 0.25) is 5.91 Å². The van der Waals surface area contributed by atoms with E-state index in [9.17, 15) is 4.79 Å². The van der Waals surface area contributed by atoms with Crippen LogP contribution in [0, 0.1) is 0 Å². The molecule has 2 saturated heterocycles. The van der Waals surface area contributed by atoms with Gasteiger partial charge < -0.3 is 15.5 Å². The quantitative estimate of drug-likeness (QED) is 0.834. The molecular weight excluding hydrogens is 262 g/mol. The molecular formula is C17H31N3O. The largest absolute Gasteiger partial charge is 0.352 e. The van der Waals surface area contributed by atoms with Gasteiger partial charge in [-0.2, -0.15) is 0 Å². The molecule has 0 radical (unpaired) electrons. The summed E-state index contributed by atoms with van der Waals surface area (Å²) < 4.78 is 0. The summed E-state index contributed by atoms with van der Waals surface area (Å²) in [7, 11) is 0. The van der Waals surface area contributed by atoms with E-state index in [1.54, 1.807) is 0 Å². The number of fused-ring (bicyclic) bond motifs is 1. The summed E-state index contributed by atoms with van der Waals surface area (Å²) in [4.78, 5) is 15.0. The molecule has 2 N–H and O–H groups in total. The van der Waals surface area contributed by atoms with Crippen LogP contribution >= 0.6 is 0 Å². The van der Waals surface area contributed by atoms with Crippen LogP contribution in [0.25, 0.3) is 0 Å². The van der Waals surface area contributed by atoms with Gasteiger partial charge in [-0.15, -0.1) is 0 Å². The number of amides is 1. The molecule has 2 heterocycles. The smallest absolute Gasteiger partial charge is 0.237 e. The molecule has 3 atom stereocenters. The van der Waals surface area contributed by atoms with Crippen molar-refractivity contribution in [3.05, 3.63) is 0 Å². The van der Waals surface area contributed by atoms with Crippen molar-refractivity contribution in [2.24, 2.45) is 0 Å². The van der Waals surface area contributed by atoms with Crippen LogP contribution in [0.3, 0.4) is 0 Å². The van der Waals surface area contributed by atoms with Crippen LogP contribution in [0.5, 0.6) is 0 Å². The fourth-order valence-electron chi connectivity index (χ4n) is 4.38. The number of carbonyl (C=O) groups is 1. The summed E-state index contributed by atoms with van der Waals surface area (Å²) >= 11 is 0. The number of hydrogen-bond donors (Lipinski definition) is 2. The predicted molar refractivity (Wildman–Crippen MR) is 85.2 cm³/mol. The van der Waals surface area contributed by atoms with Gasteiger partial charge in [-0.1, -0.05) is 19.3 Å². The number of nitrogens with zero attached hydrogens (tertiary/aromatic N) is 1. The molecule has 1 amide bonds. The van der Waals surface area contributed by atoms with Crippen molar-refractivity contribution in [2.45, 2.75) is 88.9 Å². The molecule has 120 valence electrons. The normalized spacial score (nSPS) is 32.6. The Morgan fingerprint density at radius 2 is 1.81 bits per heavy atom. The second-order valence-corrected chi connectivity index (χ2v) is 7.29. The zero-order chi connectivity index (χ0) is 14.7. The Morgan fingerprint density at radius 3 is 2.62 bits per heavy atom. The minimum Gasteiger partial charge on any atom is -0.352 e.